The molecular weight excluding hydrogens is 635 g/mol. The molecule has 6 N–H and O–H groups in total. The van der Waals surface area contributed by atoms with Gasteiger partial charge in [0.15, 0.2) is 5.78 Å². The zero-order valence-electron chi connectivity index (χ0n) is 26.8. The Bertz CT molecular complexity index is 1390. The number of hydrogen-bond donors (Lipinski definition) is 6. The Hall–Kier alpha value is -5.35. The second kappa shape index (κ2) is 20.0. The van der Waals surface area contributed by atoms with E-state index in [9.17, 15) is 43.1 Å². The van der Waals surface area contributed by atoms with Crippen molar-refractivity contribution in [3.63, 3.8) is 0 Å². The SMILES string of the molecule is COC(=O)C[C@H](NC(=O)[C@H](Cc1cnc[nH]1)NC(=O)[C@H](CCC(=O)O)NC(=O)[C@H](CC(C)C)NC(=O)OCc1ccccc1)C(=O)CF. The molecule has 4 amide bonds. The van der Waals surface area contributed by atoms with E-state index in [-0.39, 0.29) is 25.4 Å². The van der Waals surface area contributed by atoms with Crippen LogP contribution < -0.4 is 21.3 Å². The number of alkyl carbamates (subject to hydrolysis) is 1. The summed E-state index contributed by atoms with van der Waals surface area (Å²) in [5, 5.41) is 18.9. The number of carbonyl (C=O) groups excluding carboxylic acids is 6. The van der Waals surface area contributed by atoms with E-state index < -0.39 is 91.6 Å². The van der Waals surface area contributed by atoms with Gasteiger partial charge >= 0.3 is 18.0 Å². The number of esters is 1. The highest BCUT2D eigenvalue weighted by Crippen LogP contribution is 2.10. The highest BCUT2D eigenvalue weighted by atomic mass is 19.1. The number of hydrogen-bond acceptors (Lipinski definition) is 10. The zero-order chi connectivity index (χ0) is 35.6. The summed E-state index contributed by atoms with van der Waals surface area (Å²) in [6, 6.07) is 3.07. The number of aliphatic carboxylic acids is 1. The van der Waals surface area contributed by atoms with Gasteiger partial charge in [0.2, 0.25) is 17.7 Å². The van der Waals surface area contributed by atoms with Gasteiger partial charge < -0.3 is 40.8 Å². The Morgan fingerprint density at radius 3 is 2.10 bits per heavy atom. The van der Waals surface area contributed by atoms with Crippen LogP contribution in [0.2, 0.25) is 0 Å². The Morgan fingerprint density at radius 2 is 1.52 bits per heavy atom. The Labute approximate surface area is 275 Å². The molecule has 4 atom stereocenters. The van der Waals surface area contributed by atoms with Crippen molar-refractivity contribution in [2.75, 3.05) is 13.8 Å². The van der Waals surface area contributed by atoms with Crippen LogP contribution in [0.3, 0.4) is 0 Å². The Balaban J connectivity index is 2.25. The van der Waals surface area contributed by atoms with Crippen molar-refractivity contribution in [2.45, 2.75) is 76.7 Å². The van der Waals surface area contributed by atoms with Gasteiger partial charge in [0.25, 0.3) is 0 Å². The van der Waals surface area contributed by atoms with E-state index in [4.69, 9.17) is 4.74 Å². The van der Waals surface area contributed by atoms with Crippen molar-refractivity contribution < 1.29 is 52.5 Å². The first-order valence-electron chi connectivity index (χ1n) is 15.1. The average Bonchev–Trinajstić information content (AvgIpc) is 3.57. The van der Waals surface area contributed by atoms with Gasteiger partial charge in [0.1, 0.15) is 37.4 Å². The number of amides is 4. The minimum atomic E-state index is -1.61. The first-order valence-corrected chi connectivity index (χ1v) is 15.1. The molecule has 0 spiro atoms. The van der Waals surface area contributed by atoms with Crippen LogP contribution in [0.15, 0.2) is 42.9 Å². The number of aromatic amines is 1. The van der Waals surface area contributed by atoms with Crippen LogP contribution in [0.1, 0.15) is 50.8 Å². The predicted molar refractivity (Wildman–Crippen MR) is 166 cm³/mol. The summed E-state index contributed by atoms with van der Waals surface area (Å²) < 4.78 is 23.0. The third kappa shape index (κ3) is 14.0. The summed E-state index contributed by atoms with van der Waals surface area (Å²) in [6.07, 6.45) is 0.0464. The number of nitrogens with zero attached hydrogens (tertiary/aromatic N) is 1. The number of aromatic nitrogens is 2. The zero-order valence-corrected chi connectivity index (χ0v) is 26.8. The first kappa shape index (κ1) is 38.8. The largest absolute Gasteiger partial charge is 0.481 e. The van der Waals surface area contributed by atoms with Gasteiger partial charge in [0, 0.05) is 24.7 Å². The number of carbonyl (C=O) groups is 7. The molecule has 48 heavy (non-hydrogen) atoms. The molecule has 0 saturated carbocycles. The minimum Gasteiger partial charge on any atom is -0.481 e. The second-order valence-corrected chi connectivity index (χ2v) is 11.2. The first-order chi connectivity index (χ1) is 22.8. The van der Waals surface area contributed by atoms with E-state index in [1.165, 1.54) is 12.5 Å². The standard InChI is InChI=1S/C31H41FN6O10/c1-18(2)11-23(38-31(46)48-16-19-7-5-4-6-8-19)29(44)35-21(9-10-26(40)41)28(43)37-24(12-20-15-33-17-34-20)30(45)36-22(25(39)14-32)13-27(42)47-3/h4-8,15,17-18,21-24H,9-14,16H2,1-3H3,(H,33,34)(H,35,44)(H,36,45)(H,37,43)(H,38,46)(H,40,41)/t21-,22-,23-,24-/m0/s1. The van der Waals surface area contributed by atoms with Crippen LogP contribution in [0.25, 0.3) is 0 Å². The van der Waals surface area contributed by atoms with Gasteiger partial charge in [-0.25, -0.2) is 14.2 Å². The number of rotatable bonds is 20. The Morgan fingerprint density at radius 1 is 0.896 bits per heavy atom. The average molecular weight is 677 g/mol. The quantitative estimate of drug-likeness (QED) is 0.107. The van der Waals surface area contributed by atoms with Crippen LogP contribution in [0.5, 0.6) is 0 Å². The van der Waals surface area contributed by atoms with E-state index >= 15 is 0 Å². The smallest absolute Gasteiger partial charge is 0.408 e. The summed E-state index contributed by atoms with van der Waals surface area (Å²) in [5.74, 6) is -6.16. The third-order valence-corrected chi connectivity index (χ3v) is 6.86. The topological polar surface area (TPSA) is 235 Å². The summed E-state index contributed by atoms with van der Waals surface area (Å²) in [5.41, 5.74) is 1.07. The molecule has 0 aliphatic carbocycles. The summed E-state index contributed by atoms with van der Waals surface area (Å²) in [4.78, 5) is 94.7. The van der Waals surface area contributed by atoms with E-state index in [0.29, 0.717) is 11.3 Å². The fourth-order valence-electron chi connectivity index (χ4n) is 4.38. The molecule has 1 heterocycles. The molecule has 16 nitrogen and oxygen atoms in total. The van der Waals surface area contributed by atoms with Crippen molar-refractivity contribution in [1.82, 2.24) is 31.2 Å². The lowest BCUT2D eigenvalue weighted by Crippen LogP contribution is -2.58. The lowest BCUT2D eigenvalue weighted by Gasteiger charge is -2.26. The molecule has 17 heteroatoms. The number of methoxy groups -OCH3 is 1. The van der Waals surface area contributed by atoms with Crippen molar-refractivity contribution in [1.29, 1.82) is 0 Å². The van der Waals surface area contributed by atoms with E-state index in [0.717, 1.165) is 7.11 Å². The lowest BCUT2D eigenvalue weighted by molar-refractivity contribution is -0.143. The van der Waals surface area contributed by atoms with Gasteiger partial charge in [-0.15, -0.1) is 0 Å². The number of alkyl halides is 1. The summed E-state index contributed by atoms with van der Waals surface area (Å²) in [7, 11) is 1.04. The summed E-state index contributed by atoms with van der Waals surface area (Å²) >= 11 is 0. The van der Waals surface area contributed by atoms with Crippen molar-refractivity contribution in [3.05, 3.63) is 54.1 Å². The number of ether oxygens (including phenoxy) is 2. The molecule has 262 valence electrons. The number of ketones is 1. The number of benzene rings is 1. The molecule has 1 aromatic carbocycles. The van der Waals surface area contributed by atoms with Crippen molar-refractivity contribution >= 4 is 41.5 Å². The van der Waals surface area contributed by atoms with Crippen molar-refractivity contribution in [3.8, 4) is 0 Å². The Kier molecular flexibility index (Phi) is 16.2. The van der Waals surface area contributed by atoms with Gasteiger partial charge in [-0.05, 0) is 24.3 Å². The molecule has 1 aromatic heterocycles. The maximum absolute atomic E-state index is 13.5. The normalized spacial score (nSPS) is 13.3. The monoisotopic (exact) mass is 676 g/mol. The van der Waals surface area contributed by atoms with E-state index in [1.807, 2.05) is 0 Å². The van der Waals surface area contributed by atoms with Gasteiger partial charge in [-0.2, -0.15) is 0 Å². The fraction of sp³-hybridized carbons (Fsp3) is 0.484. The lowest BCUT2D eigenvalue weighted by atomic mass is 10.0. The molecule has 0 fully saturated rings. The van der Waals surface area contributed by atoms with Crippen LogP contribution in [-0.2, 0) is 51.3 Å². The predicted octanol–water partition coefficient (Wildman–Crippen LogP) is 0.714. The molecule has 0 unspecified atom stereocenters. The maximum atomic E-state index is 13.5. The van der Waals surface area contributed by atoms with Gasteiger partial charge in [-0.3, -0.25) is 28.8 Å². The molecule has 2 rings (SSSR count). The minimum absolute atomic E-state index is 0.0659. The highest BCUT2D eigenvalue weighted by molar-refractivity contribution is 5.97. The van der Waals surface area contributed by atoms with Gasteiger partial charge in [0.05, 0.1) is 19.9 Å². The maximum Gasteiger partial charge on any atom is 0.408 e. The molecule has 0 saturated heterocycles. The van der Waals surface area contributed by atoms with E-state index in [1.54, 1.807) is 44.2 Å². The number of nitrogens with one attached hydrogen (secondary N) is 5. The number of halogens is 1. The van der Waals surface area contributed by atoms with Crippen LogP contribution in [0, 0.1) is 5.92 Å². The number of carboxylic acids is 1. The number of imidazole rings is 1. The molecular formula is C31H41FN6O10. The fourth-order valence-corrected chi connectivity index (χ4v) is 4.38. The molecule has 2 aromatic rings. The molecule has 0 aliphatic rings. The number of Topliss-reactive ketones (excluding diaryl/α,β-unsaturated/α-hetero) is 1. The number of H-pyrrole nitrogens is 1. The third-order valence-electron chi connectivity index (χ3n) is 6.86. The second-order valence-electron chi connectivity index (χ2n) is 11.2. The van der Waals surface area contributed by atoms with E-state index in [2.05, 4.69) is 36.0 Å². The molecule has 0 aliphatic heterocycles. The van der Waals surface area contributed by atoms with Crippen LogP contribution >= 0.6 is 0 Å². The summed E-state index contributed by atoms with van der Waals surface area (Å²) in [6.45, 7) is 2.04. The highest BCUT2D eigenvalue weighted by Gasteiger charge is 2.33. The van der Waals surface area contributed by atoms with Crippen LogP contribution in [0.4, 0.5) is 9.18 Å². The van der Waals surface area contributed by atoms with Gasteiger partial charge in [-0.1, -0.05) is 44.2 Å². The van der Waals surface area contributed by atoms with Crippen molar-refractivity contribution in [2.24, 2.45) is 5.92 Å². The number of carboxylic acid groups (broad SMARTS) is 1. The van der Waals surface area contributed by atoms with Crippen LogP contribution in [-0.4, -0.2) is 94.6 Å². The molecule has 0 radical (unpaired) electrons. The molecule has 0 bridgehead atoms.